The van der Waals surface area contributed by atoms with Crippen molar-refractivity contribution >= 4 is 11.3 Å². The first-order valence-corrected chi connectivity index (χ1v) is 9.17. The molecule has 1 aliphatic heterocycles. The van der Waals surface area contributed by atoms with Crippen molar-refractivity contribution in [2.45, 2.75) is 45.2 Å². The Balaban J connectivity index is 1.81. The highest BCUT2D eigenvalue weighted by Gasteiger charge is 2.24. The summed E-state index contributed by atoms with van der Waals surface area (Å²) >= 11 is 0. The smallest absolute Gasteiger partial charge is 0.137 e. The molecule has 5 nitrogen and oxygen atoms in total. The Morgan fingerprint density at radius 1 is 1.16 bits per heavy atom. The molecule has 1 saturated heterocycles. The van der Waals surface area contributed by atoms with E-state index in [2.05, 4.69) is 21.2 Å². The first-order valence-electron chi connectivity index (χ1n) is 9.17. The molecule has 130 valence electrons. The van der Waals surface area contributed by atoms with Crippen LogP contribution in [0, 0.1) is 0 Å². The molecule has 3 aromatic rings. The summed E-state index contributed by atoms with van der Waals surface area (Å²) in [7, 11) is 0. The first-order chi connectivity index (χ1) is 12.3. The minimum Gasteiger partial charge on any atom is -0.398 e. The number of pyridine rings is 2. The van der Waals surface area contributed by atoms with E-state index in [0.29, 0.717) is 6.04 Å². The van der Waals surface area contributed by atoms with Crippen molar-refractivity contribution in [2.24, 2.45) is 0 Å². The fourth-order valence-corrected chi connectivity index (χ4v) is 3.92. The normalized spacial score (nSPS) is 18.7. The van der Waals surface area contributed by atoms with Gasteiger partial charge in [-0.05, 0) is 50.1 Å². The Hall–Kier alpha value is -2.40. The van der Waals surface area contributed by atoms with E-state index in [9.17, 15) is 0 Å². The predicted octanol–water partition coefficient (Wildman–Crippen LogP) is 3.74. The summed E-state index contributed by atoms with van der Waals surface area (Å²) in [5, 5.41) is 0. The lowest BCUT2D eigenvalue weighted by Crippen LogP contribution is -2.38. The van der Waals surface area contributed by atoms with Crippen molar-refractivity contribution in [2.75, 3.05) is 12.3 Å². The van der Waals surface area contributed by atoms with Crippen molar-refractivity contribution in [3.8, 4) is 11.3 Å². The van der Waals surface area contributed by atoms with Crippen LogP contribution in [-0.4, -0.2) is 31.9 Å². The number of nitrogen functional groups attached to an aromatic ring is 1. The van der Waals surface area contributed by atoms with Crippen molar-refractivity contribution in [1.29, 1.82) is 0 Å². The van der Waals surface area contributed by atoms with Gasteiger partial charge in [0.25, 0.3) is 0 Å². The molecule has 3 aromatic heterocycles. The van der Waals surface area contributed by atoms with Crippen molar-refractivity contribution in [1.82, 2.24) is 19.3 Å². The SMILES string of the molecule is CCC1CCCCN1Cc1c(-c2ccncc2)nc2ccc(N)cn12. The van der Waals surface area contributed by atoms with Crippen LogP contribution in [0.15, 0.2) is 42.9 Å². The van der Waals surface area contributed by atoms with E-state index in [1.54, 1.807) is 0 Å². The molecule has 0 aliphatic carbocycles. The zero-order valence-corrected chi connectivity index (χ0v) is 14.7. The molecular weight excluding hydrogens is 310 g/mol. The average molecular weight is 335 g/mol. The molecule has 1 unspecified atom stereocenters. The summed E-state index contributed by atoms with van der Waals surface area (Å²) in [6.45, 7) is 4.35. The first kappa shape index (κ1) is 16.1. The van der Waals surface area contributed by atoms with Crippen LogP contribution in [0.4, 0.5) is 5.69 Å². The highest BCUT2D eigenvalue weighted by atomic mass is 15.2. The minimum absolute atomic E-state index is 0.658. The molecule has 2 N–H and O–H groups in total. The second kappa shape index (κ2) is 6.84. The molecule has 0 radical (unpaired) electrons. The lowest BCUT2D eigenvalue weighted by Gasteiger charge is -2.35. The van der Waals surface area contributed by atoms with E-state index >= 15 is 0 Å². The number of anilines is 1. The average Bonchev–Trinajstić information content (AvgIpc) is 3.01. The number of hydrogen-bond acceptors (Lipinski definition) is 4. The third-order valence-electron chi connectivity index (χ3n) is 5.27. The van der Waals surface area contributed by atoms with E-state index in [-0.39, 0.29) is 0 Å². The topological polar surface area (TPSA) is 59.5 Å². The van der Waals surface area contributed by atoms with E-state index in [1.807, 2.05) is 42.9 Å². The summed E-state index contributed by atoms with van der Waals surface area (Å²) in [5.74, 6) is 0. The van der Waals surface area contributed by atoms with Gasteiger partial charge in [-0.3, -0.25) is 9.88 Å². The highest BCUT2D eigenvalue weighted by molar-refractivity contribution is 5.67. The number of fused-ring (bicyclic) bond motifs is 1. The van der Waals surface area contributed by atoms with Gasteiger partial charge in [-0.1, -0.05) is 13.3 Å². The van der Waals surface area contributed by atoms with Gasteiger partial charge >= 0.3 is 0 Å². The number of imidazole rings is 1. The molecule has 0 bridgehead atoms. The van der Waals surface area contributed by atoms with Crippen LogP contribution in [0.25, 0.3) is 16.9 Å². The maximum atomic E-state index is 6.06. The zero-order valence-electron chi connectivity index (χ0n) is 14.7. The molecule has 25 heavy (non-hydrogen) atoms. The number of hydrogen-bond donors (Lipinski definition) is 1. The van der Waals surface area contributed by atoms with Crippen LogP contribution in [0.2, 0.25) is 0 Å². The van der Waals surface area contributed by atoms with Crippen molar-refractivity contribution in [3.05, 3.63) is 48.5 Å². The van der Waals surface area contributed by atoms with Gasteiger partial charge < -0.3 is 10.1 Å². The molecule has 0 saturated carbocycles. The lowest BCUT2D eigenvalue weighted by molar-refractivity contribution is 0.134. The maximum absolute atomic E-state index is 6.06. The molecule has 1 aliphatic rings. The number of nitrogens with zero attached hydrogens (tertiary/aromatic N) is 4. The second-order valence-corrected chi connectivity index (χ2v) is 6.86. The summed E-state index contributed by atoms with van der Waals surface area (Å²) in [6, 6.07) is 8.63. The Kier molecular flexibility index (Phi) is 4.40. The lowest BCUT2D eigenvalue weighted by atomic mass is 9.99. The van der Waals surface area contributed by atoms with Crippen LogP contribution in [0.5, 0.6) is 0 Å². The largest absolute Gasteiger partial charge is 0.398 e. The summed E-state index contributed by atoms with van der Waals surface area (Å²) in [6.07, 6.45) is 10.8. The van der Waals surface area contributed by atoms with Gasteiger partial charge in [-0.25, -0.2) is 4.98 Å². The van der Waals surface area contributed by atoms with Crippen LogP contribution in [-0.2, 0) is 6.54 Å². The van der Waals surface area contributed by atoms with Gasteiger partial charge in [0.1, 0.15) is 5.65 Å². The molecular formula is C20H25N5. The molecule has 1 atom stereocenters. The molecule has 1 fully saturated rings. The van der Waals surface area contributed by atoms with Crippen LogP contribution in [0.1, 0.15) is 38.3 Å². The van der Waals surface area contributed by atoms with Crippen LogP contribution in [0.3, 0.4) is 0 Å². The molecule has 0 spiro atoms. The third kappa shape index (κ3) is 3.12. The minimum atomic E-state index is 0.658. The summed E-state index contributed by atoms with van der Waals surface area (Å²) < 4.78 is 2.16. The summed E-state index contributed by atoms with van der Waals surface area (Å²) in [5.41, 5.74) is 11.1. The Labute approximate surface area is 148 Å². The molecule has 4 heterocycles. The maximum Gasteiger partial charge on any atom is 0.137 e. The van der Waals surface area contributed by atoms with Crippen molar-refractivity contribution < 1.29 is 0 Å². The molecule has 0 aromatic carbocycles. The van der Waals surface area contributed by atoms with Gasteiger partial charge in [-0.2, -0.15) is 0 Å². The summed E-state index contributed by atoms with van der Waals surface area (Å²) in [4.78, 5) is 11.6. The van der Waals surface area contributed by atoms with E-state index in [1.165, 1.54) is 31.4 Å². The molecule has 0 amide bonds. The van der Waals surface area contributed by atoms with Gasteiger partial charge in [0.2, 0.25) is 0 Å². The van der Waals surface area contributed by atoms with Gasteiger partial charge in [0.05, 0.1) is 11.4 Å². The molecule has 5 heteroatoms. The Morgan fingerprint density at radius 3 is 2.80 bits per heavy atom. The standard InChI is InChI=1S/C20H25N5/c1-2-17-5-3-4-12-24(17)14-18-20(15-8-10-22-11-9-15)23-19-7-6-16(21)13-25(18)19/h6-11,13,17H,2-5,12,14,21H2,1H3. The zero-order chi connectivity index (χ0) is 17.2. The molecule has 4 rings (SSSR count). The van der Waals surface area contributed by atoms with Gasteiger partial charge in [0, 0.05) is 42.4 Å². The van der Waals surface area contributed by atoms with E-state index < -0.39 is 0 Å². The fourth-order valence-electron chi connectivity index (χ4n) is 3.92. The Morgan fingerprint density at radius 2 is 2.00 bits per heavy atom. The monoisotopic (exact) mass is 335 g/mol. The number of piperidine rings is 1. The second-order valence-electron chi connectivity index (χ2n) is 6.86. The highest BCUT2D eigenvalue weighted by Crippen LogP contribution is 2.29. The predicted molar refractivity (Wildman–Crippen MR) is 101 cm³/mol. The number of likely N-dealkylation sites (tertiary alicyclic amines) is 1. The third-order valence-corrected chi connectivity index (χ3v) is 5.27. The van der Waals surface area contributed by atoms with Crippen LogP contribution < -0.4 is 5.73 Å². The fraction of sp³-hybridized carbons (Fsp3) is 0.400. The number of nitrogens with two attached hydrogens (primary N) is 1. The Bertz CT molecular complexity index is 855. The number of aromatic nitrogens is 3. The van der Waals surface area contributed by atoms with Gasteiger partial charge in [0.15, 0.2) is 0 Å². The van der Waals surface area contributed by atoms with E-state index in [4.69, 9.17) is 10.7 Å². The number of rotatable bonds is 4. The van der Waals surface area contributed by atoms with Gasteiger partial charge in [-0.15, -0.1) is 0 Å². The quantitative estimate of drug-likeness (QED) is 0.789. The van der Waals surface area contributed by atoms with Crippen molar-refractivity contribution in [3.63, 3.8) is 0 Å². The van der Waals surface area contributed by atoms with E-state index in [0.717, 1.165) is 35.7 Å². The van der Waals surface area contributed by atoms with Crippen LogP contribution >= 0.6 is 0 Å².